The van der Waals surface area contributed by atoms with E-state index in [9.17, 15) is 0 Å². The van der Waals surface area contributed by atoms with E-state index in [2.05, 4.69) is 18.6 Å². The van der Waals surface area contributed by atoms with E-state index in [1.165, 1.54) is 5.56 Å². The lowest BCUT2D eigenvalue weighted by molar-refractivity contribution is 0.399. The molecule has 0 radical (unpaired) electrons. The van der Waals surface area contributed by atoms with Gasteiger partial charge in [0.1, 0.15) is 0 Å². The molecular weight excluding hydrogens is 157 g/mol. The summed E-state index contributed by atoms with van der Waals surface area (Å²) in [7, 11) is 2.38. The van der Waals surface area contributed by atoms with Crippen molar-refractivity contribution in [3.8, 4) is 5.88 Å². The van der Waals surface area contributed by atoms with E-state index in [0.717, 1.165) is 14.0 Å². The molecule has 1 rings (SSSR count). The molecule has 0 amide bonds. The van der Waals surface area contributed by atoms with Gasteiger partial charge in [0.2, 0.25) is 5.88 Å². The Morgan fingerprint density at radius 3 is 2.73 bits per heavy atom. The van der Waals surface area contributed by atoms with E-state index in [1.807, 2.05) is 12.1 Å². The molecule has 0 aliphatic carbocycles. The molecule has 11 heavy (non-hydrogen) atoms. The fraction of sp³-hybridized carbons (Fsp3) is 0.375. The van der Waals surface area contributed by atoms with Crippen molar-refractivity contribution >= 4 is 14.0 Å². The van der Waals surface area contributed by atoms with Crippen LogP contribution in [0.5, 0.6) is 5.88 Å². The molecule has 60 valence electrons. The number of pyridine rings is 1. The Labute approximate surface area is 68.8 Å². The largest absolute Gasteiger partial charge is 0.481 e. The molecule has 0 aliphatic rings. The second kappa shape index (κ2) is 3.68. The second-order valence-corrected chi connectivity index (χ2v) is 3.24. The van der Waals surface area contributed by atoms with Crippen molar-refractivity contribution in [3.63, 3.8) is 0 Å². The number of ether oxygens (including phenoxy) is 1. The summed E-state index contributed by atoms with van der Waals surface area (Å²) in [5.74, 6) is 0.708. The van der Waals surface area contributed by atoms with Crippen LogP contribution in [0.15, 0.2) is 12.1 Å². The van der Waals surface area contributed by atoms with Gasteiger partial charge in [-0.05, 0) is 19.2 Å². The van der Waals surface area contributed by atoms with Gasteiger partial charge in [0, 0.05) is 6.07 Å². The summed E-state index contributed by atoms with van der Waals surface area (Å²) >= 11 is 0. The fourth-order valence-electron chi connectivity index (χ4n) is 0.878. The number of hydrogen-bond donors (Lipinski definition) is 0. The third kappa shape index (κ3) is 1.90. The van der Waals surface area contributed by atoms with Crippen molar-refractivity contribution < 1.29 is 4.74 Å². The molecule has 1 atom stereocenters. The number of hydrogen-bond acceptors (Lipinski definition) is 2. The normalized spacial score (nSPS) is 10.8. The van der Waals surface area contributed by atoms with Gasteiger partial charge in [0.25, 0.3) is 0 Å². The van der Waals surface area contributed by atoms with Crippen LogP contribution in [0.2, 0.25) is 0 Å². The van der Waals surface area contributed by atoms with Crippen molar-refractivity contribution in [3.05, 3.63) is 17.7 Å². The molecule has 0 aromatic carbocycles. The molecule has 2 nitrogen and oxygen atoms in total. The fourth-order valence-corrected chi connectivity index (χ4v) is 1.58. The third-order valence-corrected chi connectivity index (χ3v) is 2.50. The van der Waals surface area contributed by atoms with Crippen molar-refractivity contribution in [1.29, 1.82) is 0 Å². The van der Waals surface area contributed by atoms with Gasteiger partial charge in [0.15, 0.2) is 0 Å². The van der Waals surface area contributed by atoms with Gasteiger partial charge >= 0.3 is 0 Å². The van der Waals surface area contributed by atoms with Gasteiger partial charge in [-0.3, -0.25) is 0 Å². The van der Waals surface area contributed by atoms with Crippen molar-refractivity contribution in [1.82, 2.24) is 4.98 Å². The van der Waals surface area contributed by atoms with Gasteiger partial charge in [0.05, 0.1) is 12.5 Å². The summed E-state index contributed by atoms with van der Waals surface area (Å²) in [5.41, 5.74) is 2.39. The molecular formula is C8H12NOP. The Morgan fingerprint density at radius 1 is 1.45 bits per heavy atom. The number of nitrogens with zero attached hydrogens (tertiary/aromatic N) is 1. The number of aryl methyl sites for hydroxylation is 1. The van der Waals surface area contributed by atoms with Crippen LogP contribution in [0.3, 0.4) is 0 Å². The van der Waals surface area contributed by atoms with Crippen LogP contribution < -0.4 is 10.2 Å². The first-order valence-corrected chi connectivity index (χ1v) is 4.97. The Hall–Kier alpha value is -0.620. The monoisotopic (exact) mass is 169 g/mol. The van der Waals surface area contributed by atoms with Crippen LogP contribution in [-0.4, -0.2) is 18.8 Å². The molecule has 0 aliphatic heterocycles. The molecule has 0 saturated carbocycles. The molecule has 1 aromatic heterocycles. The Bertz CT molecular complexity index is 250. The van der Waals surface area contributed by atoms with Crippen LogP contribution >= 0.6 is 8.58 Å². The van der Waals surface area contributed by atoms with Crippen LogP contribution in [-0.2, 0) is 0 Å². The highest BCUT2D eigenvalue weighted by Gasteiger charge is 1.98. The highest BCUT2D eigenvalue weighted by Crippen LogP contribution is 2.10. The van der Waals surface area contributed by atoms with Crippen molar-refractivity contribution in [2.45, 2.75) is 6.92 Å². The Balaban J connectivity index is 3.02. The molecule has 0 spiro atoms. The smallest absolute Gasteiger partial charge is 0.213 e. The summed E-state index contributed by atoms with van der Waals surface area (Å²) in [5, 5.41) is 0. The lowest BCUT2D eigenvalue weighted by atomic mass is 10.3. The zero-order chi connectivity index (χ0) is 8.27. The lowest BCUT2D eigenvalue weighted by Gasteiger charge is -2.03. The van der Waals surface area contributed by atoms with Gasteiger partial charge < -0.3 is 4.74 Å². The van der Waals surface area contributed by atoms with Crippen LogP contribution in [0, 0.1) is 6.92 Å². The molecule has 0 fully saturated rings. The van der Waals surface area contributed by atoms with E-state index in [-0.39, 0.29) is 0 Å². The maximum absolute atomic E-state index is 5.00. The van der Waals surface area contributed by atoms with E-state index in [4.69, 9.17) is 4.74 Å². The highest BCUT2D eigenvalue weighted by atomic mass is 31.1. The summed E-state index contributed by atoms with van der Waals surface area (Å²) < 4.78 is 5.00. The zero-order valence-electron chi connectivity index (χ0n) is 7.01. The molecule has 1 unspecified atom stereocenters. The minimum absolute atomic E-state index is 0.708. The maximum Gasteiger partial charge on any atom is 0.213 e. The second-order valence-electron chi connectivity index (χ2n) is 2.27. The SMILES string of the molecule is COc1ccc(C)c(PC)n1. The Kier molecular flexibility index (Phi) is 2.84. The molecule has 0 saturated heterocycles. The summed E-state index contributed by atoms with van der Waals surface area (Å²) in [4.78, 5) is 4.30. The van der Waals surface area contributed by atoms with Crippen LogP contribution in [0.1, 0.15) is 5.56 Å². The average molecular weight is 169 g/mol. The predicted octanol–water partition coefficient (Wildman–Crippen LogP) is 1.33. The minimum atomic E-state index is 0.708. The zero-order valence-corrected chi connectivity index (χ0v) is 8.01. The van der Waals surface area contributed by atoms with Crippen LogP contribution in [0.4, 0.5) is 0 Å². The maximum atomic E-state index is 5.00. The molecule has 0 N–H and O–H groups in total. The van der Waals surface area contributed by atoms with Crippen LogP contribution in [0.25, 0.3) is 0 Å². The summed E-state index contributed by atoms with van der Waals surface area (Å²) in [6.07, 6.45) is 0. The first-order valence-electron chi connectivity index (χ1n) is 3.47. The summed E-state index contributed by atoms with van der Waals surface area (Å²) in [6.45, 7) is 4.19. The first-order chi connectivity index (χ1) is 5.27. The average Bonchev–Trinajstić information content (AvgIpc) is 2.05. The minimum Gasteiger partial charge on any atom is -0.481 e. The number of methoxy groups -OCH3 is 1. The van der Waals surface area contributed by atoms with Crippen molar-refractivity contribution in [2.24, 2.45) is 0 Å². The Morgan fingerprint density at radius 2 is 2.18 bits per heavy atom. The van der Waals surface area contributed by atoms with E-state index >= 15 is 0 Å². The summed E-state index contributed by atoms with van der Waals surface area (Å²) in [6, 6.07) is 3.93. The van der Waals surface area contributed by atoms with Gasteiger partial charge in [-0.25, -0.2) is 4.98 Å². The predicted molar refractivity (Wildman–Crippen MR) is 49.4 cm³/mol. The molecule has 1 heterocycles. The number of aromatic nitrogens is 1. The quantitative estimate of drug-likeness (QED) is 0.623. The van der Waals surface area contributed by atoms with E-state index in [1.54, 1.807) is 7.11 Å². The standard InChI is InChI=1S/C8H12NOP/c1-6-4-5-7(10-2)9-8(6)11-3/h4-5,11H,1-3H3. The highest BCUT2D eigenvalue weighted by molar-refractivity contribution is 7.46. The van der Waals surface area contributed by atoms with Crippen molar-refractivity contribution in [2.75, 3.05) is 13.8 Å². The van der Waals surface area contributed by atoms with Gasteiger partial charge in [-0.2, -0.15) is 0 Å². The first kappa shape index (κ1) is 8.48. The van der Waals surface area contributed by atoms with Gasteiger partial charge in [-0.1, -0.05) is 14.6 Å². The third-order valence-electron chi connectivity index (χ3n) is 1.52. The lowest BCUT2D eigenvalue weighted by Crippen LogP contribution is -2.06. The topological polar surface area (TPSA) is 22.1 Å². The van der Waals surface area contributed by atoms with E-state index in [0.29, 0.717) is 5.88 Å². The van der Waals surface area contributed by atoms with Gasteiger partial charge in [-0.15, -0.1) is 0 Å². The number of rotatable bonds is 2. The van der Waals surface area contributed by atoms with E-state index < -0.39 is 0 Å². The molecule has 3 heteroatoms. The molecule has 1 aromatic rings. The molecule has 0 bridgehead atoms.